The normalized spacial score (nSPS) is 12.7. The van der Waals surface area contributed by atoms with E-state index in [-0.39, 0.29) is 70.3 Å². The zero-order chi connectivity index (χ0) is 65.5. The third kappa shape index (κ3) is 24.5. The van der Waals surface area contributed by atoms with Crippen LogP contribution >= 0.6 is 0 Å². The fraction of sp³-hybridized carbons (Fsp3) is 0.400. The van der Waals surface area contributed by atoms with Crippen LogP contribution in [-0.4, -0.2) is 102 Å². The molecule has 3 atom stereocenters. The Balaban J connectivity index is 1.27. The lowest BCUT2D eigenvalue weighted by Crippen LogP contribution is -2.53. The second kappa shape index (κ2) is 33.4. The molecule has 0 bridgehead atoms. The summed E-state index contributed by atoms with van der Waals surface area (Å²) in [5.41, 5.74) is 5.16. The number of esters is 1. The first-order valence-corrected chi connectivity index (χ1v) is 37.0. The molecule has 0 spiro atoms. The first kappa shape index (κ1) is 70.6. The maximum absolute atomic E-state index is 14.6. The van der Waals surface area contributed by atoms with Gasteiger partial charge in [-0.2, -0.15) is 5.06 Å². The molecule has 4 amide bonds. The van der Waals surface area contributed by atoms with Crippen molar-refractivity contribution < 1.29 is 66.5 Å². The van der Waals surface area contributed by atoms with Crippen LogP contribution in [0.3, 0.4) is 0 Å². The standard InChI is InChI=1S/C70H90N4O14Si2/c1-69(2,3)86-68(80)72-59(44-58(88-90(11,12)70(4,5)6)45-71-66(78)84-48-52-29-21-15-22-30-52)64(76)74(7)87-63(75)38-35-56-41-54(33-36-61(56)82-46-50-25-17-13-18-26-50)55-34-37-62(83-47-51-27-19-14-20-28-51)57(42-55)43-60(65(77)81-39-40-89(8,9)10)73-67(79)85-49-53-31-23-16-24-32-53/h13-34,36-37,41-42,58-60H,35,38-40,43-49H2,1-12H3,(H,71,78)(H,72,80)(H,73,79)/t58-,59+,60+/m1/s1. The summed E-state index contributed by atoms with van der Waals surface area (Å²) in [6.45, 7) is 22.4. The van der Waals surface area contributed by atoms with E-state index in [1.54, 1.807) is 20.8 Å². The van der Waals surface area contributed by atoms with Gasteiger partial charge in [0.1, 0.15) is 55.6 Å². The molecule has 482 valence electrons. The molecule has 0 aliphatic carbocycles. The summed E-state index contributed by atoms with van der Waals surface area (Å²) in [5, 5.41) is 8.74. The zero-order valence-electron chi connectivity index (χ0n) is 54.2. The maximum Gasteiger partial charge on any atom is 0.408 e. The molecule has 0 saturated heterocycles. The molecule has 6 aromatic carbocycles. The predicted octanol–water partition coefficient (Wildman–Crippen LogP) is 13.7. The molecule has 6 aromatic rings. The lowest BCUT2D eigenvalue weighted by atomic mass is 9.96. The van der Waals surface area contributed by atoms with Crippen molar-refractivity contribution in [2.24, 2.45) is 0 Å². The summed E-state index contributed by atoms with van der Waals surface area (Å²) >= 11 is 0. The summed E-state index contributed by atoms with van der Waals surface area (Å²) in [5.74, 6) is -1.20. The van der Waals surface area contributed by atoms with Crippen molar-refractivity contribution in [2.45, 2.75) is 161 Å². The Kier molecular flexibility index (Phi) is 26.2. The van der Waals surface area contributed by atoms with Gasteiger partial charge in [0.25, 0.3) is 5.91 Å². The average Bonchev–Trinajstić information content (AvgIpc) is 0.971. The van der Waals surface area contributed by atoms with Gasteiger partial charge in [0.15, 0.2) is 8.32 Å². The van der Waals surface area contributed by atoms with Gasteiger partial charge in [0, 0.05) is 34.5 Å². The molecule has 0 heterocycles. The van der Waals surface area contributed by atoms with Gasteiger partial charge in [-0.1, -0.05) is 174 Å². The molecule has 20 heteroatoms. The number of nitrogens with one attached hydrogen (secondary N) is 3. The minimum Gasteiger partial charge on any atom is -0.489 e. The Hall–Kier alpha value is -8.47. The van der Waals surface area contributed by atoms with Crippen LogP contribution in [0, 0.1) is 0 Å². The first-order chi connectivity index (χ1) is 42.6. The van der Waals surface area contributed by atoms with E-state index in [1.165, 1.54) is 7.05 Å². The molecule has 0 radical (unpaired) electrons. The van der Waals surface area contributed by atoms with E-state index in [2.05, 4.69) is 56.4 Å². The van der Waals surface area contributed by atoms with Crippen LogP contribution in [0.5, 0.6) is 11.5 Å². The smallest absolute Gasteiger partial charge is 0.408 e. The summed E-state index contributed by atoms with van der Waals surface area (Å²) < 4.78 is 42.2. The molecule has 0 aliphatic rings. The largest absolute Gasteiger partial charge is 0.489 e. The second-order valence-electron chi connectivity index (χ2n) is 25.8. The number of carbonyl (C=O) groups is 6. The lowest BCUT2D eigenvalue weighted by Gasteiger charge is -2.40. The van der Waals surface area contributed by atoms with Gasteiger partial charge in [0.05, 0.1) is 19.1 Å². The number of hydrogen-bond acceptors (Lipinski definition) is 14. The van der Waals surface area contributed by atoms with Gasteiger partial charge >= 0.3 is 30.2 Å². The number of hydrogen-bond donors (Lipinski definition) is 3. The molecular formula is C70H90N4O14Si2. The Bertz CT molecular complexity index is 3280. The summed E-state index contributed by atoms with van der Waals surface area (Å²) in [6.07, 6.45) is -3.51. The molecule has 0 aliphatic heterocycles. The SMILES string of the molecule is CN(OC(=O)CCc1cc(-c2ccc(OCc3ccccc3)c(C[C@H](NC(=O)OCc3ccccc3)C(=O)OCC[Si](C)(C)C)c2)ccc1OCc1ccccc1)C(=O)[C@H](C[C@H](CNC(=O)OCc1ccccc1)O[Si](C)(C)C(C)(C)C)NC(=O)OC(C)(C)C. The highest BCUT2D eigenvalue weighted by atomic mass is 28.4. The fourth-order valence-electron chi connectivity index (χ4n) is 8.88. The van der Waals surface area contributed by atoms with E-state index >= 15 is 0 Å². The summed E-state index contributed by atoms with van der Waals surface area (Å²) in [6, 6.07) is 47.2. The molecule has 0 saturated carbocycles. The quantitative estimate of drug-likeness (QED) is 0.0172. The van der Waals surface area contributed by atoms with E-state index in [0.29, 0.717) is 22.6 Å². The van der Waals surface area contributed by atoms with Crippen LogP contribution in [0.2, 0.25) is 43.8 Å². The van der Waals surface area contributed by atoms with Crippen molar-refractivity contribution in [3.8, 4) is 22.6 Å². The van der Waals surface area contributed by atoms with Crippen molar-refractivity contribution in [1.29, 1.82) is 0 Å². The van der Waals surface area contributed by atoms with Crippen molar-refractivity contribution >= 4 is 52.5 Å². The number of hydroxylamine groups is 2. The number of ether oxygens (including phenoxy) is 6. The third-order valence-electron chi connectivity index (χ3n) is 14.8. The molecule has 90 heavy (non-hydrogen) atoms. The second-order valence-corrected chi connectivity index (χ2v) is 36.2. The zero-order valence-corrected chi connectivity index (χ0v) is 56.2. The first-order valence-electron chi connectivity index (χ1n) is 30.4. The predicted molar refractivity (Wildman–Crippen MR) is 351 cm³/mol. The van der Waals surface area contributed by atoms with Crippen LogP contribution in [0.15, 0.2) is 158 Å². The number of carbonyl (C=O) groups excluding carboxylic acids is 6. The highest BCUT2D eigenvalue weighted by Crippen LogP contribution is 2.38. The van der Waals surface area contributed by atoms with E-state index in [9.17, 15) is 28.8 Å². The molecule has 0 unspecified atom stereocenters. The number of aryl methyl sites for hydroxylation is 1. The number of alkyl carbamates (subject to hydrolysis) is 3. The van der Waals surface area contributed by atoms with Gasteiger partial charge in [-0.05, 0) is 120 Å². The van der Waals surface area contributed by atoms with Gasteiger partial charge in [-0.25, -0.2) is 24.0 Å². The van der Waals surface area contributed by atoms with E-state index in [1.807, 2.05) is 171 Å². The highest BCUT2D eigenvalue weighted by molar-refractivity contribution is 6.76. The van der Waals surface area contributed by atoms with Crippen molar-refractivity contribution in [3.63, 3.8) is 0 Å². The van der Waals surface area contributed by atoms with Crippen LogP contribution in [0.4, 0.5) is 14.4 Å². The highest BCUT2D eigenvalue weighted by Gasteiger charge is 2.41. The fourth-order valence-corrected chi connectivity index (χ4v) is 11.0. The van der Waals surface area contributed by atoms with Crippen LogP contribution in [-0.2, 0) is 81.9 Å². The topological polar surface area (TPSA) is 216 Å². The molecule has 0 aromatic heterocycles. The van der Waals surface area contributed by atoms with Gasteiger partial charge in [0.2, 0.25) is 0 Å². The van der Waals surface area contributed by atoms with Crippen LogP contribution < -0.4 is 25.4 Å². The number of nitrogens with zero attached hydrogens (tertiary/aromatic N) is 1. The van der Waals surface area contributed by atoms with Crippen molar-refractivity contribution in [2.75, 3.05) is 20.2 Å². The monoisotopic (exact) mass is 1270 g/mol. The minimum absolute atomic E-state index is 0.0107. The van der Waals surface area contributed by atoms with Crippen molar-refractivity contribution in [1.82, 2.24) is 21.0 Å². The average molecular weight is 1270 g/mol. The summed E-state index contributed by atoms with van der Waals surface area (Å²) in [4.78, 5) is 88.4. The van der Waals surface area contributed by atoms with Crippen LogP contribution in [0.25, 0.3) is 11.1 Å². The third-order valence-corrected chi connectivity index (χ3v) is 21.1. The van der Waals surface area contributed by atoms with Crippen molar-refractivity contribution in [3.05, 3.63) is 191 Å². The van der Waals surface area contributed by atoms with Crippen LogP contribution in [0.1, 0.15) is 87.8 Å². The lowest BCUT2D eigenvalue weighted by molar-refractivity contribution is -0.194. The van der Waals surface area contributed by atoms with Gasteiger partial charge in [-0.15, -0.1) is 0 Å². The molecule has 3 N–H and O–H groups in total. The Morgan fingerprint density at radius 1 is 0.544 bits per heavy atom. The maximum atomic E-state index is 14.6. The van der Waals surface area contributed by atoms with E-state index in [4.69, 9.17) is 37.7 Å². The van der Waals surface area contributed by atoms with E-state index < -0.39 is 76.3 Å². The Morgan fingerprint density at radius 2 is 1.01 bits per heavy atom. The number of benzene rings is 6. The number of likely N-dealkylation sites (N-methyl/N-ethyl adjacent to an activating group) is 1. The summed E-state index contributed by atoms with van der Waals surface area (Å²) in [7, 11) is -2.92. The number of amides is 4. The molecule has 0 fully saturated rings. The molecule has 6 rings (SSSR count). The Labute approximate surface area is 532 Å². The molecular weight excluding hydrogens is 1180 g/mol. The Morgan fingerprint density at radius 3 is 1.50 bits per heavy atom. The molecule has 18 nitrogen and oxygen atoms in total. The number of rotatable bonds is 29. The minimum atomic E-state index is -2.60. The van der Waals surface area contributed by atoms with E-state index in [0.717, 1.165) is 44.5 Å². The van der Waals surface area contributed by atoms with Gasteiger partial charge in [-0.3, -0.25) is 4.79 Å². The van der Waals surface area contributed by atoms with Gasteiger partial charge < -0.3 is 53.6 Å².